The van der Waals surface area contributed by atoms with E-state index in [1.807, 2.05) is 24.3 Å². The van der Waals surface area contributed by atoms with Crippen molar-refractivity contribution in [3.05, 3.63) is 58.6 Å². The molecule has 128 valence electrons. The summed E-state index contributed by atoms with van der Waals surface area (Å²) in [6.07, 6.45) is 0. The first kappa shape index (κ1) is 17.6. The fourth-order valence-electron chi connectivity index (χ4n) is 2.24. The molecule has 0 heterocycles. The van der Waals surface area contributed by atoms with E-state index in [9.17, 15) is 10.1 Å². The Morgan fingerprint density at radius 2 is 1.58 bits per heavy atom. The second kappa shape index (κ2) is 8.73. The molecule has 0 bridgehead atoms. The van der Waals surface area contributed by atoms with E-state index in [1.165, 1.54) is 12.1 Å². The quantitative estimate of drug-likeness (QED) is 0.541. The van der Waals surface area contributed by atoms with Crippen molar-refractivity contribution in [3.63, 3.8) is 0 Å². The molecule has 7 heteroatoms. The van der Waals surface area contributed by atoms with Gasteiger partial charge in [0.25, 0.3) is 5.69 Å². The molecule has 0 amide bonds. The van der Waals surface area contributed by atoms with Gasteiger partial charge in [0, 0.05) is 38.0 Å². The highest BCUT2D eigenvalue weighted by atomic mass is 16.6. The number of rotatable bonds is 9. The summed E-state index contributed by atoms with van der Waals surface area (Å²) in [5, 5.41) is 10.6. The molecule has 24 heavy (non-hydrogen) atoms. The number of nitro benzene ring substituents is 1. The van der Waals surface area contributed by atoms with Crippen LogP contribution in [0.2, 0.25) is 0 Å². The standard InChI is InChI=1S/C17H22N4O3/c1-3-20(12-13-24-2)16-8-4-14(5-9-16)18-19-15-6-10-17(11-7-15)21(22)23/h4-11,18-19H,3,12-13H2,1-2H3. The van der Waals surface area contributed by atoms with Crippen molar-refractivity contribution in [2.24, 2.45) is 0 Å². The Morgan fingerprint density at radius 1 is 1.04 bits per heavy atom. The van der Waals surface area contributed by atoms with Gasteiger partial charge in [-0.15, -0.1) is 0 Å². The van der Waals surface area contributed by atoms with Gasteiger partial charge in [0.2, 0.25) is 0 Å². The maximum absolute atomic E-state index is 10.6. The van der Waals surface area contributed by atoms with E-state index in [1.54, 1.807) is 19.2 Å². The van der Waals surface area contributed by atoms with Crippen molar-refractivity contribution in [1.82, 2.24) is 0 Å². The summed E-state index contributed by atoms with van der Waals surface area (Å²) in [4.78, 5) is 12.4. The summed E-state index contributed by atoms with van der Waals surface area (Å²) >= 11 is 0. The summed E-state index contributed by atoms with van der Waals surface area (Å²) < 4.78 is 5.12. The number of nitrogens with one attached hydrogen (secondary N) is 2. The fourth-order valence-corrected chi connectivity index (χ4v) is 2.24. The largest absolute Gasteiger partial charge is 0.383 e. The van der Waals surface area contributed by atoms with Crippen LogP contribution in [0.3, 0.4) is 0 Å². The van der Waals surface area contributed by atoms with Gasteiger partial charge >= 0.3 is 0 Å². The molecular weight excluding hydrogens is 308 g/mol. The molecule has 0 fully saturated rings. The first-order chi connectivity index (χ1) is 11.6. The first-order valence-corrected chi connectivity index (χ1v) is 7.74. The molecule has 2 aromatic rings. The number of hydrogen-bond donors (Lipinski definition) is 2. The normalized spacial score (nSPS) is 10.2. The van der Waals surface area contributed by atoms with Crippen molar-refractivity contribution < 1.29 is 9.66 Å². The van der Waals surface area contributed by atoms with Gasteiger partial charge in [0.05, 0.1) is 22.9 Å². The van der Waals surface area contributed by atoms with E-state index in [2.05, 4.69) is 22.7 Å². The average molecular weight is 330 g/mol. The Balaban J connectivity index is 1.92. The lowest BCUT2D eigenvalue weighted by Crippen LogP contribution is -2.26. The topological polar surface area (TPSA) is 79.7 Å². The van der Waals surface area contributed by atoms with E-state index >= 15 is 0 Å². The molecule has 0 spiro atoms. The summed E-state index contributed by atoms with van der Waals surface area (Å²) in [5.74, 6) is 0. The highest BCUT2D eigenvalue weighted by Gasteiger charge is 2.05. The highest BCUT2D eigenvalue weighted by molar-refractivity contribution is 5.58. The molecule has 2 N–H and O–H groups in total. The Bertz CT molecular complexity index is 644. The lowest BCUT2D eigenvalue weighted by molar-refractivity contribution is -0.384. The van der Waals surface area contributed by atoms with E-state index in [-0.39, 0.29) is 5.69 Å². The number of hydrazine groups is 1. The number of benzene rings is 2. The molecule has 0 aliphatic rings. The molecule has 0 unspecified atom stereocenters. The van der Waals surface area contributed by atoms with Crippen molar-refractivity contribution >= 4 is 22.7 Å². The Kier molecular flexibility index (Phi) is 6.39. The minimum Gasteiger partial charge on any atom is -0.383 e. The number of nitrogens with zero attached hydrogens (tertiary/aromatic N) is 2. The van der Waals surface area contributed by atoms with Crippen LogP contribution in [0.4, 0.5) is 22.7 Å². The van der Waals surface area contributed by atoms with Crippen LogP contribution in [0.1, 0.15) is 6.92 Å². The van der Waals surface area contributed by atoms with Crippen molar-refractivity contribution in [1.29, 1.82) is 0 Å². The van der Waals surface area contributed by atoms with Gasteiger partial charge < -0.3 is 20.5 Å². The highest BCUT2D eigenvalue weighted by Crippen LogP contribution is 2.19. The van der Waals surface area contributed by atoms with Crippen molar-refractivity contribution in [2.45, 2.75) is 6.92 Å². The predicted molar refractivity (Wildman–Crippen MR) is 96.5 cm³/mol. The molecule has 0 radical (unpaired) electrons. The lowest BCUT2D eigenvalue weighted by Gasteiger charge is -2.23. The van der Waals surface area contributed by atoms with E-state index < -0.39 is 4.92 Å². The molecule has 0 aliphatic heterocycles. The summed E-state index contributed by atoms with van der Waals surface area (Å²) in [6.45, 7) is 4.56. The third kappa shape index (κ3) is 4.85. The third-order valence-corrected chi connectivity index (χ3v) is 3.61. The predicted octanol–water partition coefficient (Wildman–Crippen LogP) is 3.51. The van der Waals surface area contributed by atoms with Gasteiger partial charge in [-0.2, -0.15) is 0 Å². The van der Waals surface area contributed by atoms with Crippen LogP contribution in [0, 0.1) is 10.1 Å². The van der Waals surface area contributed by atoms with Gasteiger partial charge in [-0.25, -0.2) is 0 Å². The zero-order valence-electron chi connectivity index (χ0n) is 13.9. The molecule has 2 rings (SSSR count). The van der Waals surface area contributed by atoms with Crippen LogP contribution < -0.4 is 15.8 Å². The monoisotopic (exact) mass is 330 g/mol. The maximum Gasteiger partial charge on any atom is 0.269 e. The number of ether oxygens (including phenoxy) is 1. The van der Waals surface area contributed by atoms with Crippen LogP contribution in [0.15, 0.2) is 48.5 Å². The fraction of sp³-hybridized carbons (Fsp3) is 0.294. The minimum atomic E-state index is -0.418. The van der Waals surface area contributed by atoms with E-state index in [0.717, 1.165) is 30.2 Å². The average Bonchev–Trinajstić information content (AvgIpc) is 2.62. The molecule has 7 nitrogen and oxygen atoms in total. The van der Waals surface area contributed by atoms with Crippen LogP contribution >= 0.6 is 0 Å². The summed E-state index contributed by atoms with van der Waals surface area (Å²) in [7, 11) is 1.70. The number of likely N-dealkylation sites (N-methyl/N-ethyl adjacent to an activating group) is 1. The minimum absolute atomic E-state index is 0.0700. The van der Waals surface area contributed by atoms with E-state index in [0.29, 0.717) is 6.61 Å². The summed E-state index contributed by atoms with van der Waals surface area (Å²) in [5.41, 5.74) is 8.95. The van der Waals surface area contributed by atoms with Crippen LogP contribution in [0.25, 0.3) is 0 Å². The number of hydrogen-bond acceptors (Lipinski definition) is 6. The molecule has 0 aromatic heterocycles. The Hall–Kier alpha value is -2.80. The number of methoxy groups -OCH3 is 1. The van der Waals surface area contributed by atoms with Gasteiger partial charge in [0.15, 0.2) is 0 Å². The molecular formula is C17H22N4O3. The molecule has 0 saturated carbocycles. The van der Waals surface area contributed by atoms with E-state index in [4.69, 9.17) is 4.74 Å². The van der Waals surface area contributed by atoms with Gasteiger partial charge in [-0.3, -0.25) is 10.1 Å². The Morgan fingerprint density at radius 3 is 2.04 bits per heavy atom. The Labute approximate surface area is 141 Å². The first-order valence-electron chi connectivity index (χ1n) is 7.74. The molecule has 0 saturated heterocycles. The molecule has 2 aromatic carbocycles. The smallest absolute Gasteiger partial charge is 0.269 e. The number of anilines is 3. The number of non-ortho nitro benzene ring substituents is 1. The third-order valence-electron chi connectivity index (χ3n) is 3.61. The lowest BCUT2D eigenvalue weighted by atomic mass is 10.2. The molecule has 0 atom stereocenters. The van der Waals surface area contributed by atoms with Gasteiger partial charge in [-0.1, -0.05) is 0 Å². The van der Waals surface area contributed by atoms with Crippen molar-refractivity contribution in [2.75, 3.05) is 42.6 Å². The second-order valence-corrected chi connectivity index (χ2v) is 5.17. The summed E-state index contributed by atoms with van der Waals surface area (Å²) in [6, 6.07) is 14.3. The van der Waals surface area contributed by atoms with Gasteiger partial charge in [0.1, 0.15) is 0 Å². The SMILES string of the molecule is CCN(CCOC)c1ccc(NNc2ccc([N+](=O)[O-])cc2)cc1. The van der Waals surface area contributed by atoms with Crippen molar-refractivity contribution in [3.8, 4) is 0 Å². The maximum atomic E-state index is 10.6. The zero-order chi connectivity index (χ0) is 17.4. The number of nitro groups is 1. The van der Waals surface area contributed by atoms with Crippen LogP contribution in [-0.4, -0.2) is 31.7 Å². The van der Waals surface area contributed by atoms with Gasteiger partial charge in [-0.05, 0) is 43.3 Å². The zero-order valence-corrected chi connectivity index (χ0v) is 13.9. The van der Waals surface area contributed by atoms with Crippen LogP contribution in [0.5, 0.6) is 0 Å². The molecule has 0 aliphatic carbocycles. The van der Waals surface area contributed by atoms with Crippen LogP contribution in [-0.2, 0) is 4.74 Å². The second-order valence-electron chi connectivity index (χ2n) is 5.17.